The Labute approximate surface area is 163 Å². The second kappa shape index (κ2) is 8.81. The molecule has 1 saturated heterocycles. The van der Waals surface area contributed by atoms with Crippen molar-refractivity contribution in [3.63, 3.8) is 0 Å². The Kier molecular flexibility index (Phi) is 6.23. The van der Waals surface area contributed by atoms with Crippen LogP contribution in [0, 0.1) is 0 Å². The summed E-state index contributed by atoms with van der Waals surface area (Å²) in [7, 11) is 4.79. The smallest absolute Gasteiger partial charge is 0.203 e. The predicted octanol–water partition coefficient (Wildman–Crippen LogP) is 1.81. The number of ether oxygens (including phenoxy) is 3. The van der Waals surface area contributed by atoms with E-state index < -0.39 is 0 Å². The van der Waals surface area contributed by atoms with E-state index in [-0.39, 0.29) is 0 Å². The molecule has 146 valence electrons. The molecule has 0 amide bonds. The number of benzene rings is 1. The number of thiazole rings is 1. The van der Waals surface area contributed by atoms with Crippen LogP contribution < -0.4 is 24.8 Å². The van der Waals surface area contributed by atoms with Crippen molar-refractivity contribution in [3.05, 3.63) is 29.3 Å². The zero-order valence-corrected chi connectivity index (χ0v) is 16.7. The lowest BCUT2D eigenvalue weighted by molar-refractivity contribution is 0.322. The van der Waals surface area contributed by atoms with Crippen molar-refractivity contribution in [2.24, 2.45) is 10.7 Å². The molecular formula is C18H25N5O3S. The summed E-state index contributed by atoms with van der Waals surface area (Å²) < 4.78 is 16.2. The lowest BCUT2D eigenvalue weighted by Gasteiger charge is -2.35. The second-order valence-corrected chi connectivity index (χ2v) is 6.83. The number of guanidine groups is 1. The average molecular weight is 391 g/mol. The summed E-state index contributed by atoms with van der Waals surface area (Å²) in [6.07, 6.45) is 1.83. The third-order valence-electron chi connectivity index (χ3n) is 4.49. The molecule has 0 atom stereocenters. The van der Waals surface area contributed by atoms with E-state index >= 15 is 0 Å². The van der Waals surface area contributed by atoms with E-state index in [4.69, 9.17) is 19.9 Å². The lowest BCUT2D eigenvalue weighted by Crippen LogP contribution is -2.51. The topological polar surface area (TPSA) is 85.4 Å². The average Bonchev–Trinajstić information content (AvgIpc) is 3.26. The molecule has 1 fully saturated rings. The van der Waals surface area contributed by atoms with Crippen LogP contribution in [0.25, 0.3) is 0 Å². The number of aliphatic imine (C=N–C) groups is 1. The Bertz CT molecular complexity index is 774. The standard InChI is InChI=1S/C18H25N5O3S/c1-24-14-5-4-13(15(25-2)16(14)26-3)12-21-17(19)22-7-9-23(10-8-22)18-20-6-11-27-18/h4-6,11H,7-10,12H2,1-3H3,(H2,19,21). The molecule has 1 aliphatic rings. The number of nitrogens with zero attached hydrogens (tertiary/aromatic N) is 4. The fourth-order valence-electron chi connectivity index (χ4n) is 3.05. The van der Waals surface area contributed by atoms with Gasteiger partial charge in [-0.15, -0.1) is 11.3 Å². The van der Waals surface area contributed by atoms with Crippen LogP contribution in [0.2, 0.25) is 0 Å². The van der Waals surface area contributed by atoms with Crippen molar-refractivity contribution >= 4 is 22.4 Å². The molecule has 2 aromatic rings. The summed E-state index contributed by atoms with van der Waals surface area (Å²) >= 11 is 1.66. The fraction of sp³-hybridized carbons (Fsp3) is 0.444. The molecule has 2 heterocycles. The van der Waals surface area contributed by atoms with Crippen LogP contribution in [0.3, 0.4) is 0 Å². The van der Waals surface area contributed by atoms with Crippen LogP contribution in [-0.2, 0) is 6.54 Å². The van der Waals surface area contributed by atoms with Gasteiger partial charge in [-0.1, -0.05) is 0 Å². The monoisotopic (exact) mass is 391 g/mol. The van der Waals surface area contributed by atoms with E-state index in [1.165, 1.54) is 0 Å². The van der Waals surface area contributed by atoms with Gasteiger partial charge in [0.25, 0.3) is 0 Å². The largest absolute Gasteiger partial charge is 0.493 e. The molecule has 8 nitrogen and oxygen atoms in total. The van der Waals surface area contributed by atoms with Gasteiger partial charge >= 0.3 is 0 Å². The lowest BCUT2D eigenvalue weighted by atomic mass is 10.1. The molecule has 1 aromatic carbocycles. The number of nitrogens with two attached hydrogens (primary N) is 1. The third kappa shape index (κ3) is 4.19. The number of aromatic nitrogens is 1. The summed E-state index contributed by atoms with van der Waals surface area (Å²) in [6, 6.07) is 3.76. The molecule has 2 N–H and O–H groups in total. The molecule has 0 bridgehead atoms. The van der Waals surface area contributed by atoms with E-state index in [0.717, 1.165) is 36.9 Å². The maximum Gasteiger partial charge on any atom is 0.203 e. The van der Waals surface area contributed by atoms with Crippen molar-refractivity contribution in [2.45, 2.75) is 6.54 Å². The molecule has 0 aliphatic carbocycles. The van der Waals surface area contributed by atoms with Crippen LogP contribution in [0.1, 0.15) is 5.56 Å². The predicted molar refractivity (Wildman–Crippen MR) is 107 cm³/mol. The first-order valence-electron chi connectivity index (χ1n) is 8.65. The van der Waals surface area contributed by atoms with E-state index in [9.17, 15) is 0 Å². The van der Waals surface area contributed by atoms with Crippen LogP contribution in [-0.4, -0.2) is 63.4 Å². The van der Waals surface area contributed by atoms with Crippen LogP contribution >= 0.6 is 11.3 Å². The fourth-order valence-corrected chi connectivity index (χ4v) is 3.75. The van der Waals surface area contributed by atoms with Gasteiger partial charge in [-0.2, -0.15) is 0 Å². The van der Waals surface area contributed by atoms with Gasteiger partial charge in [-0.3, -0.25) is 0 Å². The normalized spacial score (nSPS) is 15.0. The van der Waals surface area contributed by atoms with Gasteiger partial charge in [0.2, 0.25) is 5.75 Å². The van der Waals surface area contributed by atoms with Crippen molar-refractivity contribution in [1.29, 1.82) is 0 Å². The molecule has 9 heteroatoms. The maximum atomic E-state index is 6.23. The van der Waals surface area contributed by atoms with Gasteiger partial charge in [0.05, 0.1) is 27.9 Å². The van der Waals surface area contributed by atoms with Gasteiger partial charge in [0.15, 0.2) is 22.6 Å². The first-order chi connectivity index (χ1) is 13.2. The Hall–Kier alpha value is -2.68. The molecule has 0 spiro atoms. The number of anilines is 1. The zero-order valence-electron chi connectivity index (χ0n) is 15.8. The number of rotatable bonds is 6. The first-order valence-corrected chi connectivity index (χ1v) is 9.53. The van der Waals surface area contributed by atoms with E-state index in [1.54, 1.807) is 32.7 Å². The number of methoxy groups -OCH3 is 3. The molecule has 27 heavy (non-hydrogen) atoms. The highest BCUT2D eigenvalue weighted by atomic mass is 32.1. The quantitative estimate of drug-likeness (QED) is 0.594. The van der Waals surface area contributed by atoms with Crippen LogP contribution in [0.4, 0.5) is 5.13 Å². The highest BCUT2D eigenvalue weighted by Crippen LogP contribution is 2.39. The molecule has 0 radical (unpaired) electrons. The van der Waals surface area contributed by atoms with Gasteiger partial charge in [0, 0.05) is 43.3 Å². The van der Waals surface area contributed by atoms with E-state index in [2.05, 4.69) is 19.8 Å². The highest BCUT2D eigenvalue weighted by molar-refractivity contribution is 7.13. The SMILES string of the molecule is COc1ccc(CN=C(N)N2CCN(c3nccs3)CC2)c(OC)c1OC. The summed E-state index contributed by atoms with van der Waals surface area (Å²) in [6.45, 7) is 3.80. The zero-order chi connectivity index (χ0) is 19.2. The third-order valence-corrected chi connectivity index (χ3v) is 5.32. The maximum absolute atomic E-state index is 6.23. The highest BCUT2D eigenvalue weighted by Gasteiger charge is 2.20. The summed E-state index contributed by atoms with van der Waals surface area (Å²) in [5, 5.41) is 3.05. The molecular weight excluding hydrogens is 366 g/mol. The van der Waals surface area contributed by atoms with Gasteiger partial charge < -0.3 is 29.7 Å². The number of hydrogen-bond donors (Lipinski definition) is 1. The minimum Gasteiger partial charge on any atom is -0.493 e. The Balaban J connectivity index is 1.66. The molecule has 0 saturated carbocycles. The minimum atomic E-state index is 0.405. The molecule has 1 aromatic heterocycles. The van der Waals surface area contributed by atoms with Crippen LogP contribution in [0.5, 0.6) is 17.2 Å². The van der Waals surface area contributed by atoms with Crippen molar-refractivity contribution in [1.82, 2.24) is 9.88 Å². The van der Waals surface area contributed by atoms with Crippen molar-refractivity contribution in [3.8, 4) is 17.2 Å². The Morgan fingerprint density at radius 2 is 1.85 bits per heavy atom. The Morgan fingerprint density at radius 1 is 1.11 bits per heavy atom. The van der Waals surface area contributed by atoms with Gasteiger partial charge in [-0.25, -0.2) is 9.98 Å². The second-order valence-electron chi connectivity index (χ2n) is 5.96. The summed E-state index contributed by atoms with van der Waals surface area (Å²) in [4.78, 5) is 13.3. The van der Waals surface area contributed by atoms with Crippen molar-refractivity contribution in [2.75, 3.05) is 52.4 Å². The molecule has 0 unspecified atom stereocenters. The molecule has 1 aliphatic heterocycles. The van der Waals surface area contributed by atoms with E-state index in [0.29, 0.717) is 29.8 Å². The van der Waals surface area contributed by atoms with Gasteiger partial charge in [0.1, 0.15) is 0 Å². The molecule has 3 rings (SSSR count). The summed E-state index contributed by atoms with van der Waals surface area (Å²) in [5.41, 5.74) is 7.11. The van der Waals surface area contributed by atoms with Gasteiger partial charge in [-0.05, 0) is 12.1 Å². The Morgan fingerprint density at radius 3 is 2.44 bits per heavy atom. The summed E-state index contributed by atoms with van der Waals surface area (Å²) in [5.74, 6) is 2.32. The minimum absolute atomic E-state index is 0.405. The van der Waals surface area contributed by atoms with Crippen LogP contribution in [0.15, 0.2) is 28.7 Å². The van der Waals surface area contributed by atoms with Crippen molar-refractivity contribution < 1.29 is 14.2 Å². The number of hydrogen-bond acceptors (Lipinski definition) is 7. The van der Waals surface area contributed by atoms with E-state index in [1.807, 2.05) is 23.7 Å². The first kappa shape index (κ1) is 19.1. The number of piperazine rings is 1.